The highest BCUT2D eigenvalue weighted by Crippen LogP contribution is 2.19. The molecule has 0 spiro atoms. The van der Waals surface area contributed by atoms with Gasteiger partial charge in [-0.2, -0.15) is 0 Å². The van der Waals surface area contributed by atoms with Gasteiger partial charge < -0.3 is 14.4 Å². The first-order valence-electron chi connectivity index (χ1n) is 7.62. The molecule has 0 unspecified atom stereocenters. The Bertz CT molecular complexity index is 642. The summed E-state index contributed by atoms with van der Waals surface area (Å²) in [5.74, 6) is 0.938. The molecule has 0 saturated carbocycles. The molecule has 23 heavy (non-hydrogen) atoms. The second-order valence-electron chi connectivity index (χ2n) is 6.19. The number of oxime groups is 1. The quantitative estimate of drug-likeness (QED) is 0.445. The number of furan rings is 1. The topological polar surface area (TPSA) is 55.0 Å². The number of allylic oxidation sites excluding steroid dienone is 1. The lowest BCUT2D eigenvalue weighted by Crippen LogP contribution is -2.16. The van der Waals surface area contributed by atoms with Crippen LogP contribution in [0.15, 0.2) is 64.4 Å². The standard InChI is InChI=1S/C19H23NO3/c1-19(2,9-6-10-20-21)15-22-13-17-12-18(23-14-17)11-16-7-4-3-5-8-16/h3-10,12,14,21H,11,13,15H2,1-2H3. The van der Waals surface area contributed by atoms with Crippen molar-refractivity contribution in [1.82, 2.24) is 0 Å². The van der Waals surface area contributed by atoms with Crippen LogP contribution in [0, 0.1) is 5.41 Å². The molecule has 0 aliphatic rings. The zero-order valence-electron chi connectivity index (χ0n) is 13.6. The van der Waals surface area contributed by atoms with Gasteiger partial charge in [-0.15, -0.1) is 0 Å². The van der Waals surface area contributed by atoms with E-state index >= 15 is 0 Å². The molecule has 0 aliphatic heterocycles. The van der Waals surface area contributed by atoms with E-state index in [-0.39, 0.29) is 5.41 Å². The summed E-state index contributed by atoms with van der Waals surface area (Å²) >= 11 is 0. The SMILES string of the molecule is CC(C)(C=CC=NO)COCc1coc(Cc2ccccc2)c1. The van der Waals surface area contributed by atoms with Gasteiger partial charge in [0.25, 0.3) is 0 Å². The molecule has 0 saturated heterocycles. The van der Waals surface area contributed by atoms with Crippen LogP contribution in [-0.4, -0.2) is 18.0 Å². The number of rotatable bonds is 8. The summed E-state index contributed by atoms with van der Waals surface area (Å²) in [5, 5.41) is 11.3. The highest BCUT2D eigenvalue weighted by Gasteiger charge is 2.14. The summed E-state index contributed by atoms with van der Waals surface area (Å²) in [6.07, 6.45) is 7.53. The lowest BCUT2D eigenvalue weighted by atomic mass is 9.94. The number of ether oxygens (including phenoxy) is 1. The summed E-state index contributed by atoms with van der Waals surface area (Å²) in [7, 11) is 0. The summed E-state index contributed by atoms with van der Waals surface area (Å²) in [5.41, 5.74) is 2.14. The molecule has 1 heterocycles. The Morgan fingerprint density at radius 2 is 2.00 bits per heavy atom. The highest BCUT2D eigenvalue weighted by molar-refractivity contribution is 5.70. The molecule has 0 fully saturated rings. The average Bonchev–Trinajstić information content (AvgIpc) is 2.95. The minimum Gasteiger partial charge on any atom is -0.469 e. The number of hydrogen-bond acceptors (Lipinski definition) is 4. The van der Waals surface area contributed by atoms with Crippen LogP contribution in [0.25, 0.3) is 0 Å². The number of benzene rings is 1. The van der Waals surface area contributed by atoms with E-state index in [1.807, 2.05) is 30.3 Å². The largest absolute Gasteiger partial charge is 0.469 e. The van der Waals surface area contributed by atoms with Crippen molar-refractivity contribution in [3.8, 4) is 0 Å². The van der Waals surface area contributed by atoms with E-state index in [9.17, 15) is 0 Å². The van der Waals surface area contributed by atoms with Gasteiger partial charge in [0.1, 0.15) is 5.76 Å². The molecule has 1 aromatic heterocycles. The smallest absolute Gasteiger partial charge is 0.108 e. The van der Waals surface area contributed by atoms with Crippen LogP contribution < -0.4 is 0 Å². The van der Waals surface area contributed by atoms with Gasteiger partial charge in [-0.1, -0.05) is 55.4 Å². The van der Waals surface area contributed by atoms with Crippen LogP contribution in [0.2, 0.25) is 0 Å². The average molecular weight is 313 g/mol. The Morgan fingerprint density at radius 3 is 2.74 bits per heavy atom. The first-order valence-corrected chi connectivity index (χ1v) is 7.62. The molecule has 1 aromatic carbocycles. The predicted molar refractivity (Wildman–Crippen MR) is 90.8 cm³/mol. The maximum atomic E-state index is 8.37. The molecule has 0 radical (unpaired) electrons. The lowest BCUT2D eigenvalue weighted by molar-refractivity contribution is 0.0715. The monoisotopic (exact) mass is 313 g/mol. The van der Waals surface area contributed by atoms with E-state index in [1.54, 1.807) is 12.3 Å². The van der Waals surface area contributed by atoms with E-state index in [4.69, 9.17) is 14.4 Å². The molecule has 2 rings (SSSR count). The second kappa shape index (κ2) is 8.34. The first kappa shape index (κ1) is 17.0. The summed E-state index contributed by atoms with van der Waals surface area (Å²) in [4.78, 5) is 0. The molecule has 2 aromatic rings. The first-order chi connectivity index (χ1) is 11.1. The zero-order valence-corrected chi connectivity index (χ0v) is 13.6. The van der Waals surface area contributed by atoms with E-state index in [1.165, 1.54) is 11.8 Å². The van der Waals surface area contributed by atoms with E-state index < -0.39 is 0 Å². The number of hydrogen-bond donors (Lipinski definition) is 1. The third kappa shape index (κ3) is 6.12. The van der Waals surface area contributed by atoms with Crippen LogP contribution in [0.4, 0.5) is 0 Å². The van der Waals surface area contributed by atoms with Crippen molar-refractivity contribution in [3.63, 3.8) is 0 Å². The third-order valence-electron chi connectivity index (χ3n) is 3.37. The summed E-state index contributed by atoms with van der Waals surface area (Å²) in [6.45, 7) is 5.21. The Morgan fingerprint density at radius 1 is 1.22 bits per heavy atom. The fraction of sp³-hybridized carbons (Fsp3) is 0.316. The van der Waals surface area contributed by atoms with Crippen LogP contribution in [0.3, 0.4) is 0 Å². The normalized spacial score (nSPS) is 12.4. The maximum Gasteiger partial charge on any atom is 0.108 e. The Balaban J connectivity index is 1.81. The predicted octanol–water partition coefficient (Wildman–Crippen LogP) is 4.43. The molecular weight excluding hydrogens is 290 g/mol. The van der Waals surface area contributed by atoms with E-state index in [0.717, 1.165) is 17.7 Å². The van der Waals surface area contributed by atoms with Crippen molar-refractivity contribution in [1.29, 1.82) is 0 Å². The van der Waals surface area contributed by atoms with Crippen molar-refractivity contribution in [2.45, 2.75) is 26.9 Å². The molecule has 4 nitrogen and oxygen atoms in total. The van der Waals surface area contributed by atoms with E-state index in [0.29, 0.717) is 13.2 Å². The molecule has 0 atom stereocenters. The Labute approximate surface area is 137 Å². The fourth-order valence-corrected chi connectivity index (χ4v) is 2.21. The van der Waals surface area contributed by atoms with Gasteiger partial charge in [-0.05, 0) is 17.7 Å². The lowest BCUT2D eigenvalue weighted by Gasteiger charge is -2.19. The van der Waals surface area contributed by atoms with E-state index in [2.05, 4.69) is 31.1 Å². The minimum atomic E-state index is -0.127. The fourth-order valence-electron chi connectivity index (χ4n) is 2.21. The maximum absolute atomic E-state index is 8.37. The number of nitrogens with zero attached hydrogens (tertiary/aromatic N) is 1. The van der Waals surface area contributed by atoms with Gasteiger partial charge >= 0.3 is 0 Å². The molecule has 0 aliphatic carbocycles. The van der Waals surface area contributed by atoms with Crippen LogP contribution >= 0.6 is 0 Å². The van der Waals surface area contributed by atoms with Crippen LogP contribution in [-0.2, 0) is 17.8 Å². The van der Waals surface area contributed by atoms with Gasteiger partial charge in [-0.3, -0.25) is 0 Å². The minimum absolute atomic E-state index is 0.127. The van der Waals surface area contributed by atoms with Gasteiger partial charge in [0.2, 0.25) is 0 Å². The van der Waals surface area contributed by atoms with Gasteiger partial charge in [0, 0.05) is 17.4 Å². The molecule has 122 valence electrons. The van der Waals surface area contributed by atoms with Crippen molar-refractivity contribution in [2.75, 3.05) is 6.61 Å². The molecule has 0 bridgehead atoms. The van der Waals surface area contributed by atoms with Crippen molar-refractivity contribution < 1.29 is 14.4 Å². The second-order valence-corrected chi connectivity index (χ2v) is 6.19. The van der Waals surface area contributed by atoms with Crippen molar-refractivity contribution >= 4 is 6.21 Å². The molecule has 0 amide bonds. The summed E-state index contributed by atoms with van der Waals surface area (Å²) in [6, 6.07) is 12.3. The van der Waals surface area contributed by atoms with Gasteiger partial charge in [0.05, 0.1) is 25.7 Å². The van der Waals surface area contributed by atoms with Gasteiger partial charge in [0.15, 0.2) is 0 Å². The zero-order chi connectivity index (χ0) is 16.5. The van der Waals surface area contributed by atoms with Crippen LogP contribution in [0.5, 0.6) is 0 Å². The Hall–Kier alpha value is -2.33. The highest BCUT2D eigenvalue weighted by atomic mass is 16.5. The van der Waals surface area contributed by atoms with Crippen LogP contribution in [0.1, 0.15) is 30.7 Å². The third-order valence-corrected chi connectivity index (χ3v) is 3.37. The summed E-state index contributed by atoms with van der Waals surface area (Å²) < 4.78 is 11.4. The van der Waals surface area contributed by atoms with Crippen molar-refractivity contribution in [2.24, 2.45) is 10.6 Å². The van der Waals surface area contributed by atoms with Crippen molar-refractivity contribution in [3.05, 3.63) is 71.7 Å². The molecular formula is C19H23NO3. The molecule has 4 heteroatoms. The Kier molecular flexibility index (Phi) is 6.18. The van der Waals surface area contributed by atoms with Gasteiger partial charge in [-0.25, -0.2) is 0 Å². The molecule has 1 N–H and O–H groups in total.